The van der Waals surface area contributed by atoms with Crippen LogP contribution in [0.25, 0.3) is 0 Å². The smallest absolute Gasteiger partial charge is 0.326 e. The number of carboxylic acids is 1. The Bertz CT molecular complexity index is 557. The molecule has 0 heterocycles. The number of unbranched alkanes of at least 4 members (excludes halogenated alkanes) is 9. The Morgan fingerprint density at radius 1 is 0.750 bits per heavy atom. The van der Waals surface area contributed by atoms with Gasteiger partial charge in [0.05, 0.1) is 0 Å². The van der Waals surface area contributed by atoms with Crippen molar-refractivity contribution in [2.75, 3.05) is 6.54 Å². The molecule has 0 saturated heterocycles. The van der Waals surface area contributed by atoms with Gasteiger partial charge in [-0.2, -0.15) is 0 Å². The first-order chi connectivity index (χ1) is 15.3. The normalized spacial score (nSPS) is 12.7. The highest BCUT2D eigenvalue weighted by Gasteiger charge is 2.26. The zero-order valence-electron chi connectivity index (χ0n) is 19.7. The molecule has 0 aliphatic rings. The number of hydrogen-bond donors (Lipinski definition) is 5. The van der Waals surface area contributed by atoms with Crippen molar-refractivity contribution in [3.05, 3.63) is 0 Å². The molecule has 0 aromatic heterocycles. The molecule has 0 fully saturated rings. The summed E-state index contributed by atoms with van der Waals surface area (Å²) in [5.74, 6) is -2.64. The second kappa shape index (κ2) is 19.5. The molecule has 2 atom stereocenters. The van der Waals surface area contributed by atoms with E-state index in [2.05, 4.69) is 17.6 Å². The average Bonchev–Trinajstić information content (AvgIpc) is 2.74. The van der Waals surface area contributed by atoms with Gasteiger partial charge in [0.1, 0.15) is 12.1 Å². The van der Waals surface area contributed by atoms with Gasteiger partial charge in [-0.25, -0.2) is 4.79 Å². The Morgan fingerprint density at radius 3 is 1.88 bits per heavy atom. The van der Waals surface area contributed by atoms with E-state index in [0.29, 0.717) is 19.4 Å². The topological polar surface area (TPSA) is 165 Å². The third-order valence-corrected chi connectivity index (χ3v) is 5.40. The zero-order valence-corrected chi connectivity index (χ0v) is 19.7. The lowest BCUT2D eigenvalue weighted by Crippen LogP contribution is -2.51. The van der Waals surface area contributed by atoms with Gasteiger partial charge in [-0.15, -0.1) is 0 Å². The van der Waals surface area contributed by atoms with E-state index in [1.165, 1.54) is 32.1 Å². The summed E-state index contributed by atoms with van der Waals surface area (Å²) in [7, 11) is 0. The van der Waals surface area contributed by atoms with Crippen molar-refractivity contribution >= 4 is 23.7 Å². The number of carbonyl (C=O) groups excluding carboxylic acids is 3. The molecule has 0 saturated carbocycles. The van der Waals surface area contributed by atoms with Gasteiger partial charge in [0.25, 0.3) is 0 Å². The van der Waals surface area contributed by atoms with Crippen molar-refractivity contribution in [2.45, 2.75) is 115 Å². The predicted molar refractivity (Wildman–Crippen MR) is 125 cm³/mol. The number of nitrogens with two attached hydrogens (primary N) is 2. The van der Waals surface area contributed by atoms with E-state index in [4.69, 9.17) is 11.5 Å². The summed E-state index contributed by atoms with van der Waals surface area (Å²) in [6.07, 6.45) is 11.9. The lowest BCUT2D eigenvalue weighted by atomic mass is 10.1. The van der Waals surface area contributed by atoms with Crippen LogP contribution in [0.1, 0.15) is 103 Å². The highest BCUT2D eigenvalue weighted by Crippen LogP contribution is 2.11. The molecule has 0 spiro atoms. The van der Waals surface area contributed by atoms with E-state index >= 15 is 0 Å². The van der Waals surface area contributed by atoms with E-state index < -0.39 is 29.9 Å². The van der Waals surface area contributed by atoms with Gasteiger partial charge < -0.3 is 27.2 Å². The van der Waals surface area contributed by atoms with Crippen LogP contribution >= 0.6 is 0 Å². The quantitative estimate of drug-likeness (QED) is 0.166. The number of carboxylic acid groups (broad SMARTS) is 1. The molecule has 7 N–H and O–H groups in total. The van der Waals surface area contributed by atoms with E-state index in [-0.39, 0.29) is 31.6 Å². The Morgan fingerprint density at radius 2 is 1.34 bits per heavy atom. The Balaban J connectivity index is 4.48. The zero-order chi connectivity index (χ0) is 24.2. The SMILES string of the molecule is CCCCCCCCCCCC(=O)NC(CCC(N)=O)C(=O)NC(CCCCN)C(=O)O. The van der Waals surface area contributed by atoms with Crippen LogP contribution in [0.2, 0.25) is 0 Å². The van der Waals surface area contributed by atoms with E-state index in [9.17, 15) is 24.3 Å². The fraction of sp³-hybridized carbons (Fsp3) is 0.826. The van der Waals surface area contributed by atoms with Gasteiger partial charge in [0.15, 0.2) is 0 Å². The van der Waals surface area contributed by atoms with Crippen LogP contribution in [-0.4, -0.2) is 47.4 Å². The molecule has 3 amide bonds. The molecule has 0 aromatic carbocycles. The summed E-state index contributed by atoms with van der Waals surface area (Å²) in [5.41, 5.74) is 10.6. The monoisotopic (exact) mass is 456 g/mol. The minimum atomic E-state index is -1.15. The molecule has 0 aliphatic carbocycles. The van der Waals surface area contributed by atoms with Gasteiger partial charge in [-0.3, -0.25) is 14.4 Å². The predicted octanol–water partition coefficient (Wildman–Crippen LogP) is 2.36. The van der Waals surface area contributed by atoms with Crippen LogP contribution in [0.4, 0.5) is 0 Å². The van der Waals surface area contributed by atoms with Crippen molar-refractivity contribution in [3.63, 3.8) is 0 Å². The summed E-state index contributed by atoms with van der Waals surface area (Å²) in [5, 5.41) is 14.4. The summed E-state index contributed by atoms with van der Waals surface area (Å²) in [4.78, 5) is 47.5. The second-order valence-electron chi connectivity index (χ2n) is 8.39. The van der Waals surface area contributed by atoms with Crippen molar-refractivity contribution in [3.8, 4) is 0 Å². The average molecular weight is 457 g/mol. The van der Waals surface area contributed by atoms with Crippen LogP contribution in [-0.2, 0) is 19.2 Å². The fourth-order valence-corrected chi connectivity index (χ4v) is 3.44. The van der Waals surface area contributed by atoms with E-state index in [0.717, 1.165) is 25.7 Å². The molecule has 2 unspecified atom stereocenters. The molecule has 0 rings (SSSR count). The van der Waals surface area contributed by atoms with Gasteiger partial charge in [-0.1, -0.05) is 58.3 Å². The summed E-state index contributed by atoms with van der Waals surface area (Å²) in [6.45, 7) is 2.64. The lowest BCUT2D eigenvalue weighted by Gasteiger charge is -2.21. The number of carbonyl (C=O) groups is 4. The number of rotatable bonds is 21. The Kier molecular flexibility index (Phi) is 18.2. The van der Waals surface area contributed by atoms with Crippen molar-refractivity contribution in [1.82, 2.24) is 10.6 Å². The minimum Gasteiger partial charge on any atom is -0.480 e. The molecule has 9 nitrogen and oxygen atoms in total. The standard InChI is InChI=1S/C23H44N4O5/c1-2-3-4-5-6-7-8-9-10-14-21(29)26-18(15-16-20(25)28)22(30)27-19(23(31)32)13-11-12-17-24/h18-19H,2-17,24H2,1H3,(H2,25,28)(H,26,29)(H,27,30)(H,31,32). The minimum absolute atomic E-state index is 0.0276. The first-order valence-corrected chi connectivity index (χ1v) is 12.1. The number of hydrogen-bond acceptors (Lipinski definition) is 5. The molecule has 32 heavy (non-hydrogen) atoms. The van der Waals surface area contributed by atoms with E-state index in [1.807, 2.05) is 0 Å². The highest BCUT2D eigenvalue weighted by atomic mass is 16.4. The van der Waals surface area contributed by atoms with Crippen molar-refractivity contribution in [2.24, 2.45) is 11.5 Å². The van der Waals surface area contributed by atoms with Crippen LogP contribution in [0.15, 0.2) is 0 Å². The second-order valence-corrected chi connectivity index (χ2v) is 8.39. The summed E-state index contributed by atoms with van der Waals surface area (Å²) in [6, 6.07) is -2.07. The summed E-state index contributed by atoms with van der Waals surface area (Å²) < 4.78 is 0. The molecular formula is C23H44N4O5. The molecule has 0 radical (unpaired) electrons. The third-order valence-electron chi connectivity index (χ3n) is 5.40. The highest BCUT2D eigenvalue weighted by molar-refractivity contribution is 5.90. The Hall–Kier alpha value is -2.16. The van der Waals surface area contributed by atoms with Gasteiger partial charge >= 0.3 is 5.97 Å². The molecule has 9 heteroatoms. The maximum Gasteiger partial charge on any atom is 0.326 e. The van der Waals surface area contributed by atoms with Crippen molar-refractivity contribution < 1.29 is 24.3 Å². The lowest BCUT2D eigenvalue weighted by molar-refractivity contribution is -0.142. The Labute approximate surface area is 192 Å². The molecule has 0 aliphatic heterocycles. The van der Waals surface area contributed by atoms with Crippen LogP contribution in [0.5, 0.6) is 0 Å². The number of aliphatic carboxylic acids is 1. The summed E-state index contributed by atoms with van der Waals surface area (Å²) >= 11 is 0. The maximum atomic E-state index is 12.6. The van der Waals surface area contributed by atoms with Gasteiger partial charge in [0, 0.05) is 12.8 Å². The number of primary amides is 1. The first kappa shape index (κ1) is 29.8. The fourth-order valence-electron chi connectivity index (χ4n) is 3.44. The van der Waals surface area contributed by atoms with Crippen molar-refractivity contribution in [1.29, 1.82) is 0 Å². The first-order valence-electron chi connectivity index (χ1n) is 12.1. The van der Waals surface area contributed by atoms with Crippen LogP contribution < -0.4 is 22.1 Å². The maximum absolute atomic E-state index is 12.6. The van der Waals surface area contributed by atoms with Gasteiger partial charge in [0.2, 0.25) is 17.7 Å². The largest absolute Gasteiger partial charge is 0.480 e. The molecule has 186 valence electrons. The molecular weight excluding hydrogens is 412 g/mol. The number of amides is 3. The van der Waals surface area contributed by atoms with Gasteiger partial charge in [-0.05, 0) is 38.6 Å². The van der Waals surface area contributed by atoms with E-state index in [1.54, 1.807) is 0 Å². The van der Waals surface area contributed by atoms with Crippen LogP contribution in [0.3, 0.4) is 0 Å². The van der Waals surface area contributed by atoms with Crippen LogP contribution in [0, 0.1) is 0 Å². The number of nitrogens with one attached hydrogen (secondary N) is 2. The molecule has 0 aromatic rings. The molecule has 0 bridgehead atoms. The third kappa shape index (κ3) is 16.5.